The van der Waals surface area contributed by atoms with Gasteiger partial charge in [0.25, 0.3) is 0 Å². The van der Waals surface area contributed by atoms with Gasteiger partial charge in [-0.15, -0.1) is 0 Å². The Kier molecular flexibility index (Phi) is 5.02. The highest BCUT2D eigenvalue weighted by Gasteiger charge is 2.47. The first-order valence-electron chi connectivity index (χ1n) is 8.64. The summed E-state index contributed by atoms with van der Waals surface area (Å²) in [6.07, 6.45) is 4.81. The molecule has 0 N–H and O–H groups in total. The van der Waals surface area contributed by atoms with E-state index in [1.54, 1.807) is 12.1 Å². The Balaban J connectivity index is 1.56. The number of carbonyl (C=O) groups excluding carboxylic acids is 4. The lowest BCUT2D eigenvalue weighted by atomic mass is 9.85. The van der Waals surface area contributed by atoms with Gasteiger partial charge in [0, 0.05) is 5.56 Å². The van der Waals surface area contributed by atoms with E-state index >= 15 is 0 Å². The summed E-state index contributed by atoms with van der Waals surface area (Å²) in [5.41, 5.74) is 2.51. The highest BCUT2D eigenvalue weighted by molar-refractivity contribution is 6.07. The van der Waals surface area contributed by atoms with Gasteiger partial charge in [0.2, 0.25) is 11.8 Å². The summed E-state index contributed by atoms with van der Waals surface area (Å²) in [7, 11) is 0. The van der Waals surface area contributed by atoms with E-state index in [1.165, 1.54) is 0 Å². The largest absolute Gasteiger partial charge is 0.456 e. The van der Waals surface area contributed by atoms with Crippen LogP contribution in [0.2, 0.25) is 0 Å². The van der Waals surface area contributed by atoms with E-state index in [9.17, 15) is 19.2 Å². The van der Waals surface area contributed by atoms with Crippen LogP contribution < -0.4 is 0 Å². The molecule has 1 aliphatic heterocycles. The number of fused-ring (bicyclic) bond motifs is 1. The van der Waals surface area contributed by atoms with Crippen LogP contribution >= 0.6 is 0 Å². The number of nitrogens with zero attached hydrogens (tertiary/aromatic N) is 1. The molecule has 0 spiro atoms. The van der Waals surface area contributed by atoms with E-state index in [2.05, 4.69) is 0 Å². The maximum Gasteiger partial charge on any atom is 0.326 e. The van der Waals surface area contributed by atoms with Crippen molar-refractivity contribution in [1.82, 2.24) is 4.90 Å². The fraction of sp³-hybridized carbons (Fsp3) is 0.400. The smallest absolute Gasteiger partial charge is 0.326 e. The standard InChI is InChI=1S/C20H21NO5/c1-12-7-8-14(9-13(12)2)17(22)11-26-18(23)10-21-19(24)15-5-3-4-6-16(15)20(21)25/h3-4,7-9,15-16H,5-6,10-11H2,1-2H3/t15-,16-/m0/s1. The summed E-state index contributed by atoms with van der Waals surface area (Å²) in [5, 5.41) is 0. The number of carbonyl (C=O) groups is 4. The highest BCUT2D eigenvalue weighted by Crippen LogP contribution is 2.34. The quantitative estimate of drug-likeness (QED) is 0.349. The minimum atomic E-state index is -0.754. The van der Waals surface area contributed by atoms with Gasteiger partial charge >= 0.3 is 5.97 Å². The van der Waals surface area contributed by atoms with Gasteiger partial charge < -0.3 is 4.74 Å². The van der Waals surface area contributed by atoms with Crippen LogP contribution in [-0.2, 0) is 19.1 Å². The average Bonchev–Trinajstić information content (AvgIpc) is 2.87. The molecule has 0 unspecified atom stereocenters. The number of aryl methyl sites for hydroxylation is 2. The fourth-order valence-corrected chi connectivity index (χ4v) is 3.34. The monoisotopic (exact) mass is 355 g/mol. The van der Waals surface area contributed by atoms with E-state index in [0.29, 0.717) is 18.4 Å². The van der Waals surface area contributed by atoms with Gasteiger partial charge in [-0.25, -0.2) is 0 Å². The molecule has 1 saturated heterocycles. The van der Waals surface area contributed by atoms with Crippen LogP contribution in [0.4, 0.5) is 0 Å². The van der Waals surface area contributed by atoms with Crippen LogP contribution in [0.5, 0.6) is 0 Å². The van der Waals surface area contributed by atoms with E-state index in [1.807, 2.05) is 32.1 Å². The summed E-state index contributed by atoms with van der Waals surface area (Å²) >= 11 is 0. The number of rotatable bonds is 5. The molecule has 1 aromatic carbocycles. The number of allylic oxidation sites excluding steroid dienone is 2. The van der Waals surface area contributed by atoms with E-state index in [4.69, 9.17) is 4.74 Å². The third-order valence-corrected chi connectivity index (χ3v) is 5.08. The molecular weight excluding hydrogens is 334 g/mol. The number of ether oxygens (including phenoxy) is 1. The lowest BCUT2D eigenvalue weighted by Crippen LogP contribution is -2.37. The maximum absolute atomic E-state index is 12.3. The van der Waals surface area contributed by atoms with Crippen molar-refractivity contribution in [3.05, 3.63) is 47.0 Å². The van der Waals surface area contributed by atoms with Crippen LogP contribution in [0.1, 0.15) is 34.3 Å². The summed E-state index contributed by atoms with van der Waals surface area (Å²) < 4.78 is 4.99. The minimum Gasteiger partial charge on any atom is -0.456 e. The molecule has 2 amide bonds. The third kappa shape index (κ3) is 3.45. The Labute approximate surface area is 151 Å². The molecule has 1 fully saturated rings. The highest BCUT2D eigenvalue weighted by atomic mass is 16.5. The zero-order valence-electron chi connectivity index (χ0n) is 14.9. The van der Waals surface area contributed by atoms with E-state index in [-0.39, 0.29) is 29.4 Å². The first-order valence-corrected chi connectivity index (χ1v) is 8.64. The summed E-state index contributed by atoms with van der Waals surface area (Å²) in [6, 6.07) is 5.27. The number of amides is 2. The van der Waals surface area contributed by atoms with E-state index < -0.39 is 19.1 Å². The van der Waals surface area contributed by atoms with Crippen molar-refractivity contribution in [3.63, 3.8) is 0 Å². The summed E-state index contributed by atoms with van der Waals surface area (Å²) in [4.78, 5) is 49.8. The number of likely N-dealkylation sites (tertiary alicyclic amines) is 1. The lowest BCUT2D eigenvalue weighted by molar-refractivity contribution is -0.152. The van der Waals surface area contributed by atoms with Crippen LogP contribution in [0.15, 0.2) is 30.4 Å². The van der Waals surface area contributed by atoms with Gasteiger partial charge in [0.1, 0.15) is 6.54 Å². The van der Waals surface area contributed by atoms with Crippen molar-refractivity contribution >= 4 is 23.6 Å². The molecule has 6 nitrogen and oxygen atoms in total. The van der Waals surface area contributed by atoms with Crippen molar-refractivity contribution in [2.24, 2.45) is 11.8 Å². The number of ketones is 1. The topological polar surface area (TPSA) is 80.8 Å². The molecule has 136 valence electrons. The van der Waals surface area contributed by atoms with E-state index in [0.717, 1.165) is 16.0 Å². The Morgan fingerprint density at radius 3 is 2.23 bits per heavy atom. The molecule has 3 rings (SSSR count). The molecule has 1 aromatic rings. The van der Waals surface area contributed by atoms with Gasteiger partial charge in [0.15, 0.2) is 12.4 Å². The van der Waals surface area contributed by atoms with Crippen LogP contribution in [0.3, 0.4) is 0 Å². The van der Waals surface area contributed by atoms with Crippen molar-refractivity contribution < 1.29 is 23.9 Å². The predicted octanol–water partition coefficient (Wildman–Crippen LogP) is 1.98. The van der Waals surface area contributed by atoms with Gasteiger partial charge in [-0.2, -0.15) is 0 Å². The normalized spacial score (nSPS) is 21.7. The zero-order valence-corrected chi connectivity index (χ0v) is 14.9. The number of imide groups is 1. The van der Waals surface area contributed by atoms with Gasteiger partial charge in [0.05, 0.1) is 11.8 Å². The first kappa shape index (κ1) is 18.0. The molecule has 0 aromatic heterocycles. The van der Waals surface area contributed by atoms with Gasteiger partial charge in [-0.3, -0.25) is 24.1 Å². The Morgan fingerprint density at radius 1 is 1.04 bits per heavy atom. The molecule has 1 heterocycles. The molecular formula is C20H21NO5. The second kappa shape index (κ2) is 7.23. The second-order valence-electron chi connectivity index (χ2n) is 6.80. The lowest BCUT2D eigenvalue weighted by Gasteiger charge is -2.14. The van der Waals surface area contributed by atoms with Crippen molar-refractivity contribution in [2.75, 3.05) is 13.2 Å². The Bertz CT molecular complexity index is 784. The Hall–Kier alpha value is -2.76. The average molecular weight is 355 g/mol. The SMILES string of the molecule is Cc1ccc(C(=O)COC(=O)CN2C(=O)[C@H]3CC=CC[C@@H]3C2=O)cc1C. The molecule has 1 aliphatic carbocycles. The summed E-state index contributed by atoms with van der Waals surface area (Å²) in [5.74, 6) is -2.49. The third-order valence-electron chi connectivity index (χ3n) is 5.08. The first-order chi connectivity index (χ1) is 12.4. The second-order valence-corrected chi connectivity index (χ2v) is 6.80. The number of benzene rings is 1. The number of Topliss-reactive ketones (excluding diaryl/α,β-unsaturated/α-hetero) is 1. The summed E-state index contributed by atoms with van der Waals surface area (Å²) in [6.45, 7) is 2.99. The van der Waals surface area contributed by atoms with Crippen molar-refractivity contribution in [1.29, 1.82) is 0 Å². The number of hydrogen-bond acceptors (Lipinski definition) is 5. The molecule has 26 heavy (non-hydrogen) atoms. The van der Waals surface area contributed by atoms with Gasteiger partial charge in [-0.1, -0.05) is 24.3 Å². The molecule has 2 atom stereocenters. The molecule has 2 aliphatic rings. The molecule has 0 bridgehead atoms. The zero-order chi connectivity index (χ0) is 18.8. The van der Waals surface area contributed by atoms with Gasteiger partial charge in [-0.05, 0) is 43.9 Å². The fourth-order valence-electron chi connectivity index (χ4n) is 3.34. The number of hydrogen-bond donors (Lipinski definition) is 0. The predicted molar refractivity (Wildman–Crippen MR) is 93.3 cm³/mol. The molecule has 6 heteroatoms. The molecule has 0 saturated carbocycles. The van der Waals surface area contributed by atoms with Crippen LogP contribution in [0.25, 0.3) is 0 Å². The maximum atomic E-state index is 12.3. The Morgan fingerprint density at radius 2 is 1.65 bits per heavy atom. The van der Waals surface area contributed by atoms with Crippen LogP contribution in [-0.4, -0.2) is 41.6 Å². The van der Waals surface area contributed by atoms with Crippen molar-refractivity contribution in [2.45, 2.75) is 26.7 Å². The number of esters is 1. The van der Waals surface area contributed by atoms with Crippen molar-refractivity contribution in [3.8, 4) is 0 Å². The minimum absolute atomic E-state index is 0.321. The molecule has 0 radical (unpaired) electrons. The van der Waals surface area contributed by atoms with Crippen LogP contribution in [0, 0.1) is 25.7 Å².